The van der Waals surface area contributed by atoms with Crippen molar-refractivity contribution in [3.05, 3.63) is 32.8 Å². The third-order valence-corrected chi connectivity index (χ3v) is 2.80. The van der Waals surface area contributed by atoms with Crippen molar-refractivity contribution in [3.63, 3.8) is 0 Å². The summed E-state index contributed by atoms with van der Waals surface area (Å²) in [5, 5.41) is 23.6. The molecule has 0 fully saturated rings. The number of nitro benzene ring substituents is 1. The van der Waals surface area contributed by atoms with Crippen LogP contribution in [0.3, 0.4) is 0 Å². The maximum atomic E-state index is 10.9. The molecule has 0 bridgehead atoms. The SMILES string of the molecule is CC(C)NCC(O)COc1ccc(Br)cc1[N+](=O)[O-]. The average Bonchev–Trinajstić information content (AvgIpc) is 2.34. The van der Waals surface area contributed by atoms with Crippen molar-refractivity contribution in [2.45, 2.75) is 26.0 Å². The van der Waals surface area contributed by atoms with Crippen LogP contribution < -0.4 is 10.1 Å². The number of nitrogens with one attached hydrogen (secondary N) is 1. The molecule has 0 heterocycles. The Balaban J connectivity index is 2.60. The number of rotatable bonds is 7. The van der Waals surface area contributed by atoms with E-state index in [-0.39, 0.29) is 24.1 Å². The van der Waals surface area contributed by atoms with Crippen LogP contribution in [0.15, 0.2) is 22.7 Å². The van der Waals surface area contributed by atoms with Gasteiger partial charge in [-0.15, -0.1) is 0 Å². The van der Waals surface area contributed by atoms with E-state index in [4.69, 9.17) is 4.74 Å². The third kappa shape index (κ3) is 5.54. The minimum atomic E-state index is -0.717. The predicted octanol–water partition coefficient (Wildman–Crippen LogP) is 2.09. The summed E-state index contributed by atoms with van der Waals surface area (Å²) in [5.41, 5.74) is -0.126. The molecular formula is C12H17BrN2O4. The number of nitrogens with zero attached hydrogens (tertiary/aromatic N) is 1. The highest BCUT2D eigenvalue weighted by atomic mass is 79.9. The summed E-state index contributed by atoms with van der Waals surface area (Å²) in [6.45, 7) is 4.31. The molecule has 1 aromatic rings. The summed E-state index contributed by atoms with van der Waals surface area (Å²) in [4.78, 5) is 10.3. The standard InChI is InChI=1S/C12H17BrN2O4/c1-8(2)14-6-10(16)7-19-12-4-3-9(13)5-11(12)15(17)18/h3-5,8,10,14,16H,6-7H2,1-2H3. The number of halogens is 1. The molecule has 1 rings (SSSR count). The molecule has 0 saturated heterocycles. The van der Waals surface area contributed by atoms with Crippen molar-refractivity contribution in [2.75, 3.05) is 13.2 Å². The Hall–Kier alpha value is -1.18. The monoisotopic (exact) mass is 332 g/mol. The zero-order valence-electron chi connectivity index (χ0n) is 10.8. The number of aliphatic hydroxyl groups excluding tert-OH is 1. The Morgan fingerprint density at radius 3 is 2.79 bits per heavy atom. The number of aliphatic hydroxyl groups is 1. The number of nitro groups is 1. The number of ether oxygens (including phenoxy) is 1. The molecule has 0 saturated carbocycles. The summed E-state index contributed by atoms with van der Waals surface area (Å²) in [6.07, 6.45) is -0.717. The molecular weight excluding hydrogens is 316 g/mol. The molecule has 0 amide bonds. The maximum Gasteiger partial charge on any atom is 0.312 e. The van der Waals surface area contributed by atoms with Crippen molar-refractivity contribution in [2.24, 2.45) is 0 Å². The molecule has 7 heteroatoms. The lowest BCUT2D eigenvalue weighted by Gasteiger charge is -2.15. The first-order valence-electron chi connectivity index (χ1n) is 5.88. The van der Waals surface area contributed by atoms with Gasteiger partial charge in [0.1, 0.15) is 12.7 Å². The molecule has 1 aromatic carbocycles. The van der Waals surface area contributed by atoms with Gasteiger partial charge in [0, 0.05) is 23.1 Å². The van der Waals surface area contributed by atoms with Crippen LogP contribution in [0.4, 0.5) is 5.69 Å². The fourth-order valence-electron chi connectivity index (χ4n) is 1.37. The van der Waals surface area contributed by atoms with E-state index in [1.165, 1.54) is 12.1 Å². The molecule has 106 valence electrons. The van der Waals surface area contributed by atoms with Gasteiger partial charge in [-0.05, 0) is 12.1 Å². The molecule has 0 aliphatic carbocycles. The van der Waals surface area contributed by atoms with Crippen LogP contribution in [0.2, 0.25) is 0 Å². The van der Waals surface area contributed by atoms with E-state index in [1.54, 1.807) is 6.07 Å². The number of hydrogen-bond acceptors (Lipinski definition) is 5. The van der Waals surface area contributed by atoms with E-state index in [0.29, 0.717) is 11.0 Å². The first-order valence-corrected chi connectivity index (χ1v) is 6.67. The van der Waals surface area contributed by atoms with Gasteiger partial charge in [0.15, 0.2) is 5.75 Å². The van der Waals surface area contributed by atoms with Crippen molar-refractivity contribution in [1.82, 2.24) is 5.32 Å². The largest absolute Gasteiger partial charge is 0.484 e. The molecule has 0 aromatic heterocycles. The lowest BCUT2D eigenvalue weighted by molar-refractivity contribution is -0.386. The topological polar surface area (TPSA) is 84.6 Å². The van der Waals surface area contributed by atoms with E-state index in [0.717, 1.165) is 0 Å². The van der Waals surface area contributed by atoms with Crippen LogP contribution in [-0.2, 0) is 0 Å². The molecule has 0 radical (unpaired) electrons. The average molecular weight is 333 g/mol. The third-order valence-electron chi connectivity index (χ3n) is 2.31. The van der Waals surface area contributed by atoms with Gasteiger partial charge in [-0.1, -0.05) is 29.8 Å². The van der Waals surface area contributed by atoms with Crippen LogP contribution in [0.5, 0.6) is 5.75 Å². The van der Waals surface area contributed by atoms with Crippen molar-refractivity contribution < 1.29 is 14.8 Å². The number of hydrogen-bond donors (Lipinski definition) is 2. The van der Waals surface area contributed by atoms with Crippen LogP contribution >= 0.6 is 15.9 Å². The van der Waals surface area contributed by atoms with Gasteiger partial charge in [0.05, 0.1) is 4.92 Å². The van der Waals surface area contributed by atoms with Gasteiger partial charge in [0.2, 0.25) is 0 Å². The van der Waals surface area contributed by atoms with Gasteiger partial charge < -0.3 is 15.2 Å². The van der Waals surface area contributed by atoms with E-state index < -0.39 is 11.0 Å². The molecule has 19 heavy (non-hydrogen) atoms. The Kier molecular flexibility index (Phi) is 6.20. The minimum Gasteiger partial charge on any atom is -0.484 e. The van der Waals surface area contributed by atoms with Gasteiger partial charge in [-0.3, -0.25) is 10.1 Å². The van der Waals surface area contributed by atoms with Crippen LogP contribution in [-0.4, -0.2) is 35.3 Å². The Morgan fingerprint density at radius 1 is 1.53 bits per heavy atom. The van der Waals surface area contributed by atoms with Gasteiger partial charge >= 0.3 is 5.69 Å². The number of benzene rings is 1. The predicted molar refractivity (Wildman–Crippen MR) is 75.4 cm³/mol. The fourth-order valence-corrected chi connectivity index (χ4v) is 1.72. The quantitative estimate of drug-likeness (QED) is 0.590. The fraction of sp³-hybridized carbons (Fsp3) is 0.500. The highest BCUT2D eigenvalue weighted by Gasteiger charge is 2.16. The lowest BCUT2D eigenvalue weighted by atomic mass is 10.3. The van der Waals surface area contributed by atoms with Crippen LogP contribution in [0, 0.1) is 10.1 Å². The zero-order chi connectivity index (χ0) is 14.4. The molecule has 6 nitrogen and oxygen atoms in total. The Bertz CT molecular complexity index is 440. The van der Waals surface area contributed by atoms with Crippen molar-refractivity contribution in [1.29, 1.82) is 0 Å². The smallest absolute Gasteiger partial charge is 0.312 e. The molecule has 1 atom stereocenters. The lowest BCUT2D eigenvalue weighted by Crippen LogP contribution is -2.35. The van der Waals surface area contributed by atoms with E-state index in [1.807, 2.05) is 13.8 Å². The highest BCUT2D eigenvalue weighted by molar-refractivity contribution is 9.10. The molecule has 0 aliphatic rings. The van der Waals surface area contributed by atoms with Crippen LogP contribution in [0.25, 0.3) is 0 Å². The molecule has 0 aliphatic heterocycles. The van der Waals surface area contributed by atoms with E-state index in [9.17, 15) is 15.2 Å². The van der Waals surface area contributed by atoms with E-state index >= 15 is 0 Å². The summed E-state index contributed by atoms with van der Waals surface area (Å²) in [7, 11) is 0. The second kappa shape index (κ2) is 7.42. The van der Waals surface area contributed by atoms with E-state index in [2.05, 4.69) is 21.2 Å². The van der Waals surface area contributed by atoms with Gasteiger partial charge in [0.25, 0.3) is 0 Å². The first-order chi connectivity index (χ1) is 8.90. The van der Waals surface area contributed by atoms with Gasteiger partial charge in [-0.25, -0.2) is 0 Å². The maximum absolute atomic E-state index is 10.9. The van der Waals surface area contributed by atoms with Crippen molar-refractivity contribution >= 4 is 21.6 Å². The summed E-state index contributed by atoms with van der Waals surface area (Å²) >= 11 is 3.17. The minimum absolute atomic E-state index is 0.00217. The molecule has 0 spiro atoms. The molecule has 2 N–H and O–H groups in total. The van der Waals surface area contributed by atoms with Crippen molar-refractivity contribution in [3.8, 4) is 5.75 Å². The Morgan fingerprint density at radius 2 is 2.21 bits per heavy atom. The van der Waals surface area contributed by atoms with Gasteiger partial charge in [-0.2, -0.15) is 0 Å². The summed E-state index contributed by atoms with van der Waals surface area (Å²) in [6, 6.07) is 4.79. The summed E-state index contributed by atoms with van der Waals surface area (Å²) in [5.74, 6) is 0.150. The zero-order valence-corrected chi connectivity index (χ0v) is 12.4. The molecule has 1 unspecified atom stereocenters. The normalized spacial score (nSPS) is 12.5. The summed E-state index contributed by atoms with van der Waals surface area (Å²) < 4.78 is 5.90. The first kappa shape index (κ1) is 15.9. The highest BCUT2D eigenvalue weighted by Crippen LogP contribution is 2.30. The second-order valence-electron chi connectivity index (χ2n) is 4.40. The van der Waals surface area contributed by atoms with Crippen LogP contribution in [0.1, 0.15) is 13.8 Å². The Labute approximate surface area is 120 Å². The second-order valence-corrected chi connectivity index (χ2v) is 5.31.